The summed E-state index contributed by atoms with van der Waals surface area (Å²) in [6.45, 7) is 2.36. The van der Waals surface area contributed by atoms with E-state index in [0.29, 0.717) is 24.4 Å². The number of benzene rings is 1. The predicted molar refractivity (Wildman–Crippen MR) is 131 cm³/mol. The summed E-state index contributed by atoms with van der Waals surface area (Å²) in [5.74, 6) is 0.461. The standard InChI is InChI=1S/C24H25BrN6O3/c1-12-16-4-5-31(22(16)29-11-28-12)23-19(32)20(33)24(34-23)9-15(27-10-24)6-13-2-3-14-8-17(25)21(26)30-18(14)7-13/h2-5,7-8,11,15,19-20,23,27,32-33H,6,9-10H2,1H3,(H2,26,30). The number of hydrogen-bond acceptors (Lipinski definition) is 8. The fourth-order valence-electron chi connectivity index (χ4n) is 5.32. The molecule has 3 aromatic heterocycles. The molecular formula is C24H25BrN6O3. The predicted octanol–water partition coefficient (Wildman–Crippen LogP) is 2.23. The summed E-state index contributed by atoms with van der Waals surface area (Å²) in [6.07, 6.45) is 1.82. The summed E-state index contributed by atoms with van der Waals surface area (Å²) in [6, 6.07) is 10.1. The Morgan fingerprint density at radius 2 is 2.12 bits per heavy atom. The summed E-state index contributed by atoms with van der Waals surface area (Å²) in [7, 11) is 0. The van der Waals surface area contributed by atoms with Gasteiger partial charge in [0.1, 0.15) is 35.6 Å². The lowest BCUT2D eigenvalue weighted by atomic mass is 9.90. The Labute approximate surface area is 204 Å². The van der Waals surface area contributed by atoms with E-state index in [1.165, 1.54) is 6.33 Å². The molecular weight excluding hydrogens is 500 g/mol. The smallest absolute Gasteiger partial charge is 0.164 e. The highest BCUT2D eigenvalue weighted by Crippen LogP contribution is 2.43. The topological polar surface area (TPSA) is 131 Å². The lowest BCUT2D eigenvalue weighted by Gasteiger charge is -2.26. The van der Waals surface area contributed by atoms with Gasteiger partial charge in [-0.15, -0.1) is 0 Å². The van der Waals surface area contributed by atoms with Crippen LogP contribution in [0.4, 0.5) is 5.82 Å². The number of halogens is 1. The molecule has 176 valence electrons. The molecule has 9 nitrogen and oxygen atoms in total. The zero-order chi connectivity index (χ0) is 23.6. The molecule has 1 spiro atoms. The van der Waals surface area contributed by atoms with Gasteiger partial charge in [0.15, 0.2) is 6.23 Å². The molecule has 1 aromatic carbocycles. The fourth-order valence-corrected chi connectivity index (χ4v) is 5.66. The van der Waals surface area contributed by atoms with E-state index in [1.54, 1.807) is 4.57 Å². The van der Waals surface area contributed by atoms with Crippen molar-refractivity contribution in [2.75, 3.05) is 12.3 Å². The normalized spacial score (nSPS) is 29.1. The molecule has 2 aliphatic heterocycles. The van der Waals surface area contributed by atoms with Gasteiger partial charge in [0.25, 0.3) is 0 Å². The average molecular weight is 525 g/mol. The summed E-state index contributed by atoms with van der Waals surface area (Å²) in [5, 5.41) is 27.4. The highest BCUT2D eigenvalue weighted by molar-refractivity contribution is 9.10. The van der Waals surface area contributed by atoms with Crippen LogP contribution < -0.4 is 11.1 Å². The van der Waals surface area contributed by atoms with Crippen molar-refractivity contribution in [3.05, 3.63) is 58.6 Å². The van der Waals surface area contributed by atoms with Crippen LogP contribution in [0.2, 0.25) is 0 Å². The minimum absolute atomic E-state index is 0.0804. The van der Waals surface area contributed by atoms with Gasteiger partial charge in [-0.3, -0.25) is 0 Å². The maximum absolute atomic E-state index is 11.0. The van der Waals surface area contributed by atoms with Crippen molar-refractivity contribution < 1.29 is 14.9 Å². The number of aromatic nitrogens is 4. The number of nitrogens with zero attached hydrogens (tertiary/aromatic N) is 4. The molecule has 6 rings (SSSR count). The molecule has 0 amide bonds. The first-order valence-corrected chi connectivity index (χ1v) is 12.0. The van der Waals surface area contributed by atoms with E-state index in [0.717, 1.165) is 38.4 Å². The first kappa shape index (κ1) is 21.9. The van der Waals surface area contributed by atoms with E-state index in [9.17, 15) is 10.2 Å². The maximum Gasteiger partial charge on any atom is 0.164 e. The van der Waals surface area contributed by atoms with Gasteiger partial charge >= 0.3 is 0 Å². The average Bonchev–Trinajstić information content (AvgIpc) is 3.49. The second kappa shape index (κ2) is 7.96. The summed E-state index contributed by atoms with van der Waals surface area (Å²) in [4.78, 5) is 13.1. The van der Waals surface area contributed by atoms with Crippen LogP contribution in [0.25, 0.3) is 21.9 Å². The molecule has 5 unspecified atom stereocenters. The van der Waals surface area contributed by atoms with Crippen molar-refractivity contribution in [2.24, 2.45) is 0 Å². The number of aliphatic hydroxyl groups excluding tert-OH is 2. The van der Waals surface area contributed by atoms with Gasteiger partial charge in [-0.1, -0.05) is 12.1 Å². The van der Waals surface area contributed by atoms with Crippen LogP contribution >= 0.6 is 15.9 Å². The number of pyridine rings is 1. The Hall–Kier alpha value is -2.63. The molecule has 5 N–H and O–H groups in total. The molecule has 2 aliphatic rings. The zero-order valence-corrected chi connectivity index (χ0v) is 20.1. The number of rotatable bonds is 3. The number of aryl methyl sites for hydroxylation is 1. The summed E-state index contributed by atoms with van der Waals surface area (Å²) >= 11 is 3.42. The molecule has 2 saturated heterocycles. The monoisotopic (exact) mass is 524 g/mol. The number of fused-ring (bicyclic) bond motifs is 2. The Balaban J connectivity index is 1.23. The van der Waals surface area contributed by atoms with Crippen molar-refractivity contribution in [3.8, 4) is 0 Å². The molecule has 0 radical (unpaired) electrons. The third-order valence-electron chi connectivity index (χ3n) is 7.12. The zero-order valence-electron chi connectivity index (χ0n) is 18.5. The number of nitrogens with two attached hydrogens (primary N) is 1. The summed E-state index contributed by atoms with van der Waals surface area (Å²) in [5.41, 5.74) is 8.57. The molecule has 34 heavy (non-hydrogen) atoms. The van der Waals surface area contributed by atoms with Gasteiger partial charge in [0, 0.05) is 29.6 Å². The SMILES string of the molecule is Cc1ncnc2c1ccn2C1OC2(CNC(Cc3ccc4cc(Br)c(N)nc4c3)C2)C(O)C1O. The van der Waals surface area contributed by atoms with Crippen LogP contribution in [-0.4, -0.2) is 60.1 Å². The lowest BCUT2D eigenvalue weighted by molar-refractivity contribution is -0.0911. The van der Waals surface area contributed by atoms with Crippen molar-refractivity contribution >= 4 is 43.7 Å². The molecule has 0 saturated carbocycles. The van der Waals surface area contributed by atoms with E-state index < -0.39 is 24.0 Å². The Morgan fingerprint density at radius 1 is 1.26 bits per heavy atom. The highest BCUT2D eigenvalue weighted by atomic mass is 79.9. The van der Waals surface area contributed by atoms with Crippen LogP contribution in [0.15, 0.2) is 47.3 Å². The van der Waals surface area contributed by atoms with E-state index in [1.807, 2.05) is 37.4 Å². The van der Waals surface area contributed by atoms with E-state index >= 15 is 0 Å². The van der Waals surface area contributed by atoms with Crippen molar-refractivity contribution in [1.29, 1.82) is 0 Å². The largest absolute Gasteiger partial charge is 0.387 e. The third kappa shape index (κ3) is 3.40. The van der Waals surface area contributed by atoms with Gasteiger partial charge in [-0.25, -0.2) is 15.0 Å². The number of hydrogen-bond donors (Lipinski definition) is 4. The molecule has 4 aromatic rings. The van der Waals surface area contributed by atoms with Crippen LogP contribution in [-0.2, 0) is 11.2 Å². The minimum atomic E-state index is -1.07. The lowest BCUT2D eigenvalue weighted by Crippen LogP contribution is -2.44. The molecule has 5 heterocycles. The Kier molecular flexibility index (Phi) is 5.12. The van der Waals surface area contributed by atoms with Crippen molar-refractivity contribution in [2.45, 2.75) is 49.8 Å². The summed E-state index contributed by atoms with van der Waals surface area (Å²) < 4.78 is 8.97. The van der Waals surface area contributed by atoms with Gasteiger partial charge < -0.3 is 30.6 Å². The highest BCUT2D eigenvalue weighted by Gasteiger charge is 2.57. The fraction of sp³-hybridized carbons (Fsp3) is 0.375. The van der Waals surface area contributed by atoms with Crippen LogP contribution in [0.5, 0.6) is 0 Å². The molecule has 2 fully saturated rings. The van der Waals surface area contributed by atoms with Crippen molar-refractivity contribution in [1.82, 2.24) is 24.8 Å². The number of nitrogens with one attached hydrogen (secondary N) is 1. The number of aliphatic hydroxyl groups is 2. The van der Waals surface area contributed by atoms with E-state index in [4.69, 9.17) is 10.5 Å². The van der Waals surface area contributed by atoms with Gasteiger partial charge in [-0.05, 0) is 59.5 Å². The van der Waals surface area contributed by atoms with E-state index in [-0.39, 0.29) is 6.04 Å². The van der Waals surface area contributed by atoms with Gasteiger partial charge in [0.05, 0.1) is 15.7 Å². The van der Waals surface area contributed by atoms with Gasteiger partial charge in [-0.2, -0.15) is 0 Å². The second-order valence-electron chi connectivity index (χ2n) is 9.30. The van der Waals surface area contributed by atoms with Crippen LogP contribution in [0, 0.1) is 6.92 Å². The number of ether oxygens (including phenoxy) is 1. The second-order valence-corrected chi connectivity index (χ2v) is 10.2. The molecule has 0 bridgehead atoms. The number of nitrogen functional groups attached to an aromatic ring is 1. The van der Waals surface area contributed by atoms with Gasteiger partial charge in [0.2, 0.25) is 0 Å². The Morgan fingerprint density at radius 3 is 2.97 bits per heavy atom. The van der Waals surface area contributed by atoms with Crippen LogP contribution in [0.3, 0.4) is 0 Å². The quantitative estimate of drug-likeness (QED) is 0.320. The first-order valence-electron chi connectivity index (χ1n) is 11.2. The first-order chi connectivity index (χ1) is 16.3. The minimum Gasteiger partial charge on any atom is -0.387 e. The molecule has 5 atom stereocenters. The number of anilines is 1. The third-order valence-corrected chi connectivity index (χ3v) is 7.75. The Bertz CT molecular complexity index is 1410. The van der Waals surface area contributed by atoms with Crippen molar-refractivity contribution in [3.63, 3.8) is 0 Å². The molecule has 10 heteroatoms. The maximum atomic E-state index is 11.0. The van der Waals surface area contributed by atoms with Crippen LogP contribution in [0.1, 0.15) is 23.9 Å². The molecule has 0 aliphatic carbocycles. The van der Waals surface area contributed by atoms with E-state index in [2.05, 4.69) is 42.3 Å².